The Hall–Kier alpha value is -2.17. The number of nitrogens with one attached hydrogen (secondary N) is 1. The number of nitrogens with zero attached hydrogens (tertiary/aromatic N) is 1. The van der Waals surface area contributed by atoms with Crippen molar-refractivity contribution in [2.75, 3.05) is 13.1 Å². The number of hydrogen-bond acceptors (Lipinski definition) is 3. The molecule has 1 amide bonds. The lowest BCUT2D eigenvalue weighted by Crippen LogP contribution is -2.44. The van der Waals surface area contributed by atoms with Crippen molar-refractivity contribution in [3.63, 3.8) is 0 Å². The van der Waals surface area contributed by atoms with Crippen LogP contribution in [0, 0.1) is 0 Å². The molecule has 1 aliphatic heterocycles. The van der Waals surface area contributed by atoms with Crippen molar-refractivity contribution in [2.45, 2.75) is 32.4 Å². The van der Waals surface area contributed by atoms with E-state index in [-0.39, 0.29) is 5.91 Å². The van der Waals surface area contributed by atoms with E-state index in [4.69, 9.17) is 0 Å². The lowest BCUT2D eigenvalue weighted by molar-refractivity contribution is -0.120. The quantitative estimate of drug-likeness (QED) is 0.742. The second kappa shape index (κ2) is 7.60. The third-order valence-corrected chi connectivity index (χ3v) is 6.26. The lowest BCUT2D eigenvalue weighted by Gasteiger charge is -2.32. The summed E-state index contributed by atoms with van der Waals surface area (Å²) >= 11 is 1.86. The number of benzene rings is 2. The lowest BCUT2D eigenvalue weighted by atomic mass is 10.0. The molecule has 1 atom stereocenters. The summed E-state index contributed by atoms with van der Waals surface area (Å²) in [6, 6.07) is 17.1. The molecule has 4 heteroatoms. The molecule has 0 fully saturated rings. The van der Waals surface area contributed by atoms with Gasteiger partial charge in [0.15, 0.2) is 0 Å². The van der Waals surface area contributed by atoms with Gasteiger partial charge in [0.05, 0.1) is 6.42 Å². The van der Waals surface area contributed by atoms with Crippen molar-refractivity contribution in [2.24, 2.45) is 0 Å². The highest BCUT2D eigenvalue weighted by Crippen LogP contribution is 2.25. The summed E-state index contributed by atoms with van der Waals surface area (Å²) < 4.78 is 0. The molecular weight excluding hydrogens is 340 g/mol. The van der Waals surface area contributed by atoms with Crippen LogP contribution in [-0.4, -0.2) is 29.9 Å². The van der Waals surface area contributed by atoms with Crippen LogP contribution in [0.25, 0.3) is 10.8 Å². The van der Waals surface area contributed by atoms with Gasteiger partial charge in [-0.15, -0.1) is 11.3 Å². The van der Waals surface area contributed by atoms with E-state index in [0.717, 1.165) is 25.1 Å². The first-order valence-electron chi connectivity index (χ1n) is 9.23. The second-order valence-corrected chi connectivity index (χ2v) is 8.10. The molecule has 1 unspecified atom stereocenters. The number of fused-ring (bicyclic) bond motifs is 2. The first-order valence-corrected chi connectivity index (χ1v) is 10.1. The first-order chi connectivity index (χ1) is 12.7. The Kier molecular flexibility index (Phi) is 5.05. The number of carbonyl (C=O) groups is 1. The monoisotopic (exact) mass is 364 g/mol. The Morgan fingerprint density at radius 3 is 2.92 bits per heavy atom. The van der Waals surface area contributed by atoms with Gasteiger partial charge in [-0.2, -0.15) is 0 Å². The molecule has 1 aliphatic rings. The average Bonchev–Trinajstić information content (AvgIpc) is 3.14. The Morgan fingerprint density at radius 1 is 1.19 bits per heavy atom. The maximum Gasteiger partial charge on any atom is 0.224 e. The molecule has 26 heavy (non-hydrogen) atoms. The molecule has 1 aromatic heterocycles. The standard InChI is InChI=1S/C22H24N2OS/c1-16(24-10-8-21-20(15-24)9-11-26-21)14-23-22(25)13-17-6-7-18-4-2-3-5-19(18)12-17/h2-7,9,11-12,16H,8,10,13-15H2,1H3,(H,23,25). The normalized spacial score (nSPS) is 15.6. The summed E-state index contributed by atoms with van der Waals surface area (Å²) in [5.41, 5.74) is 2.52. The van der Waals surface area contributed by atoms with Crippen LogP contribution in [0.5, 0.6) is 0 Å². The third-order valence-electron chi connectivity index (χ3n) is 5.23. The van der Waals surface area contributed by atoms with Crippen LogP contribution in [0.3, 0.4) is 0 Å². The summed E-state index contributed by atoms with van der Waals surface area (Å²) in [6.45, 7) is 4.98. The predicted octanol–water partition coefficient (Wildman–Crippen LogP) is 4.01. The number of rotatable bonds is 5. The maximum atomic E-state index is 12.4. The summed E-state index contributed by atoms with van der Waals surface area (Å²) in [5, 5.41) is 7.70. The Bertz CT molecular complexity index is 917. The minimum absolute atomic E-state index is 0.0976. The van der Waals surface area contributed by atoms with E-state index in [2.05, 4.69) is 52.9 Å². The molecule has 134 valence electrons. The van der Waals surface area contributed by atoms with Crippen molar-refractivity contribution in [1.82, 2.24) is 10.2 Å². The minimum atomic E-state index is 0.0976. The highest BCUT2D eigenvalue weighted by Gasteiger charge is 2.21. The zero-order chi connectivity index (χ0) is 17.9. The molecule has 2 aromatic carbocycles. The van der Waals surface area contributed by atoms with Gasteiger partial charge in [0.1, 0.15) is 0 Å². The number of carbonyl (C=O) groups excluding carboxylic acids is 1. The van der Waals surface area contributed by atoms with Crippen LogP contribution in [0.1, 0.15) is 22.9 Å². The SMILES string of the molecule is CC(CNC(=O)Cc1ccc2ccccc2c1)N1CCc2sccc2C1. The van der Waals surface area contributed by atoms with Gasteiger partial charge in [0, 0.05) is 30.6 Å². The van der Waals surface area contributed by atoms with Crippen LogP contribution in [0.4, 0.5) is 0 Å². The minimum Gasteiger partial charge on any atom is -0.354 e. The van der Waals surface area contributed by atoms with Crippen LogP contribution in [0.15, 0.2) is 53.9 Å². The van der Waals surface area contributed by atoms with Gasteiger partial charge in [-0.1, -0.05) is 42.5 Å². The molecule has 0 radical (unpaired) electrons. The zero-order valence-electron chi connectivity index (χ0n) is 15.1. The van der Waals surface area contributed by atoms with E-state index in [0.29, 0.717) is 19.0 Å². The van der Waals surface area contributed by atoms with Gasteiger partial charge in [-0.3, -0.25) is 9.69 Å². The Balaban J connectivity index is 1.30. The summed E-state index contributed by atoms with van der Waals surface area (Å²) in [7, 11) is 0. The molecule has 1 N–H and O–H groups in total. The van der Waals surface area contributed by atoms with Gasteiger partial charge in [0.25, 0.3) is 0 Å². The number of hydrogen-bond donors (Lipinski definition) is 1. The van der Waals surface area contributed by atoms with Crippen LogP contribution in [-0.2, 0) is 24.2 Å². The fourth-order valence-corrected chi connectivity index (χ4v) is 4.52. The van der Waals surface area contributed by atoms with Crippen molar-refractivity contribution in [3.05, 3.63) is 69.9 Å². The van der Waals surface area contributed by atoms with Gasteiger partial charge < -0.3 is 5.32 Å². The van der Waals surface area contributed by atoms with E-state index in [1.54, 1.807) is 0 Å². The van der Waals surface area contributed by atoms with Gasteiger partial charge >= 0.3 is 0 Å². The first kappa shape index (κ1) is 17.3. The van der Waals surface area contributed by atoms with Crippen molar-refractivity contribution in [1.29, 1.82) is 0 Å². The van der Waals surface area contributed by atoms with Crippen LogP contribution >= 0.6 is 11.3 Å². The van der Waals surface area contributed by atoms with E-state index < -0.39 is 0 Å². The average molecular weight is 365 g/mol. The summed E-state index contributed by atoms with van der Waals surface area (Å²) in [6.07, 6.45) is 1.56. The van der Waals surface area contributed by atoms with Crippen molar-refractivity contribution in [3.8, 4) is 0 Å². The van der Waals surface area contributed by atoms with Crippen LogP contribution < -0.4 is 5.32 Å². The topological polar surface area (TPSA) is 32.3 Å². The Morgan fingerprint density at radius 2 is 2.04 bits per heavy atom. The molecule has 0 saturated carbocycles. The van der Waals surface area contributed by atoms with E-state index in [1.807, 2.05) is 29.5 Å². The molecule has 2 heterocycles. The second-order valence-electron chi connectivity index (χ2n) is 7.10. The van der Waals surface area contributed by atoms with E-state index in [9.17, 15) is 4.79 Å². The third kappa shape index (κ3) is 3.81. The molecule has 3 aromatic rings. The largest absolute Gasteiger partial charge is 0.354 e. The molecule has 0 saturated heterocycles. The summed E-state index contributed by atoms with van der Waals surface area (Å²) in [4.78, 5) is 16.4. The molecule has 0 aliphatic carbocycles. The fraction of sp³-hybridized carbons (Fsp3) is 0.318. The number of thiophene rings is 1. The van der Waals surface area contributed by atoms with Crippen molar-refractivity contribution < 1.29 is 4.79 Å². The molecule has 0 bridgehead atoms. The van der Waals surface area contributed by atoms with E-state index in [1.165, 1.54) is 21.2 Å². The van der Waals surface area contributed by atoms with E-state index >= 15 is 0 Å². The molecule has 3 nitrogen and oxygen atoms in total. The highest BCUT2D eigenvalue weighted by molar-refractivity contribution is 7.10. The van der Waals surface area contributed by atoms with Crippen molar-refractivity contribution >= 4 is 28.0 Å². The highest BCUT2D eigenvalue weighted by atomic mass is 32.1. The smallest absolute Gasteiger partial charge is 0.224 e. The Labute approximate surface area is 158 Å². The van der Waals surface area contributed by atoms with Crippen LogP contribution in [0.2, 0.25) is 0 Å². The predicted molar refractivity (Wildman–Crippen MR) is 109 cm³/mol. The van der Waals surface area contributed by atoms with Gasteiger partial charge in [0.2, 0.25) is 5.91 Å². The molecular formula is C22H24N2OS. The maximum absolute atomic E-state index is 12.4. The zero-order valence-corrected chi connectivity index (χ0v) is 15.9. The summed E-state index contributed by atoms with van der Waals surface area (Å²) in [5.74, 6) is 0.0976. The van der Waals surface area contributed by atoms with Gasteiger partial charge in [-0.25, -0.2) is 0 Å². The fourth-order valence-electron chi connectivity index (χ4n) is 3.63. The number of amides is 1. The molecule has 0 spiro atoms. The van der Waals surface area contributed by atoms with Gasteiger partial charge in [-0.05, 0) is 46.7 Å². The molecule has 4 rings (SSSR count).